The van der Waals surface area contributed by atoms with Crippen molar-refractivity contribution < 1.29 is 19.0 Å². The van der Waals surface area contributed by atoms with Crippen molar-refractivity contribution in [1.82, 2.24) is 24.0 Å². The fraction of sp³-hybridized carbons (Fsp3) is 0.250. The summed E-state index contributed by atoms with van der Waals surface area (Å²) < 4.78 is 22.0. The normalized spacial score (nSPS) is 13.5. The third-order valence-corrected chi connectivity index (χ3v) is 6.03. The van der Waals surface area contributed by atoms with Gasteiger partial charge in [0.1, 0.15) is 29.6 Å². The maximum Gasteiger partial charge on any atom is 0.407 e. The van der Waals surface area contributed by atoms with E-state index in [9.17, 15) is 19.1 Å². The van der Waals surface area contributed by atoms with E-state index in [2.05, 4.69) is 4.98 Å². The van der Waals surface area contributed by atoms with Gasteiger partial charge in [-0.2, -0.15) is 0 Å². The quantitative estimate of drug-likeness (QED) is 0.498. The van der Waals surface area contributed by atoms with E-state index in [4.69, 9.17) is 9.72 Å². The lowest BCUT2D eigenvalue weighted by Crippen LogP contribution is -2.28. The SMILES string of the molecule is Cn1c2c(c3ccc(-n4ccc(OCc5ccc(F)cn5)cc4=O)nc31)CN(C(=O)O)CCC2. The predicted molar refractivity (Wildman–Crippen MR) is 122 cm³/mol. The fourth-order valence-electron chi connectivity index (χ4n) is 4.30. The molecule has 0 spiro atoms. The van der Waals surface area contributed by atoms with Gasteiger partial charge in [-0.15, -0.1) is 0 Å². The number of hydrogen-bond acceptors (Lipinski definition) is 5. The molecule has 9 nitrogen and oxygen atoms in total. The van der Waals surface area contributed by atoms with E-state index in [0.29, 0.717) is 36.0 Å². The van der Waals surface area contributed by atoms with Crippen molar-refractivity contribution in [3.05, 3.63) is 81.9 Å². The molecule has 0 saturated carbocycles. The molecule has 0 bridgehead atoms. The third-order valence-electron chi connectivity index (χ3n) is 6.03. The molecule has 0 atom stereocenters. The van der Waals surface area contributed by atoms with E-state index >= 15 is 0 Å². The highest BCUT2D eigenvalue weighted by molar-refractivity contribution is 5.83. The maximum atomic E-state index is 13.0. The first-order valence-corrected chi connectivity index (χ1v) is 10.8. The van der Waals surface area contributed by atoms with Gasteiger partial charge in [-0.05, 0) is 43.2 Å². The second kappa shape index (κ2) is 8.62. The van der Waals surface area contributed by atoms with Crippen LogP contribution in [-0.4, -0.2) is 41.7 Å². The molecule has 4 aromatic rings. The van der Waals surface area contributed by atoms with Crippen molar-refractivity contribution in [1.29, 1.82) is 0 Å². The monoisotopic (exact) mass is 463 g/mol. The van der Waals surface area contributed by atoms with Crippen molar-refractivity contribution in [3.8, 4) is 11.6 Å². The molecule has 1 N–H and O–H groups in total. The second-order valence-corrected chi connectivity index (χ2v) is 8.16. The summed E-state index contributed by atoms with van der Waals surface area (Å²) >= 11 is 0. The molecule has 4 aromatic heterocycles. The third kappa shape index (κ3) is 3.98. The van der Waals surface area contributed by atoms with E-state index in [0.717, 1.165) is 35.7 Å². The molecule has 0 unspecified atom stereocenters. The lowest BCUT2D eigenvalue weighted by Gasteiger charge is -2.16. The molecule has 1 aliphatic rings. The molecule has 10 heteroatoms. The minimum Gasteiger partial charge on any atom is -0.487 e. The maximum absolute atomic E-state index is 13.0. The Kier molecular flexibility index (Phi) is 5.48. The van der Waals surface area contributed by atoms with Crippen LogP contribution in [0.15, 0.2) is 53.6 Å². The van der Waals surface area contributed by atoms with Gasteiger partial charge in [0, 0.05) is 42.5 Å². The zero-order valence-corrected chi connectivity index (χ0v) is 18.4. The average Bonchev–Trinajstić information content (AvgIpc) is 2.97. The largest absolute Gasteiger partial charge is 0.487 e. The van der Waals surface area contributed by atoms with Crippen molar-refractivity contribution >= 4 is 17.1 Å². The summed E-state index contributed by atoms with van der Waals surface area (Å²) in [6.45, 7) is 0.923. The molecule has 5 rings (SSSR count). The van der Waals surface area contributed by atoms with Gasteiger partial charge in [0.05, 0.1) is 18.4 Å². The Morgan fingerprint density at radius 3 is 2.82 bits per heavy atom. The zero-order chi connectivity index (χ0) is 23.8. The molecule has 0 aromatic carbocycles. The van der Waals surface area contributed by atoms with E-state index in [1.807, 2.05) is 17.7 Å². The molecule has 0 aliphatic carbocycles. The zero-order valence-electron chi connectivity index (χ0n) is 18.4. The number of hydrogen-bond donors (Lipinski definition) is 1. The highest BCUT2D eigenvalue weighted by Gasteiger charge is 2.24. The topological polar surface area (TPSA) is 102 Å². The van der Waals surface area contributed by atoms with Crippen LogP contribution in [0, 0.1) is 5.82 Å². The van der Waals surface area contributed by atoms with Gasteiger partial charge < -0.3 is 19.3 Å². The Bertz CT molecular complexity index is 1440. The Balaban J connectivity index is 1.43. The highest BCUT2D eigenvalue weighted by atomic mass is 19.1. The van der Waals surface area contributed by atoms with Crippen molar-refractivity contribution in [2.75, 3.05) is 6.54 Å². The second-order valence-electron chi connectivity index (χ2n) is 8.16. The molecular weight excluding hydrogens is 441 g/mol. The van der Waals surface area contributed by atoms with Crippen LogP contribution in [0.1, 0.15) is 23.4 Å². The van der Waals surface area contributed by atoms with Gasteiger partial charge in [-0.3, -0.25) is 14.3 Å². The summed E-state index contributed by atoms with van der Waals surface area (Å²) in [6, 6.07) is 9.48. The number of pyridine rings is 3. The minimum atomic E-state index is -0.932. The van der Waals surface area contributed by atoms with Crippen LogP contribution in [0.25, 0.3) is 16.9 Å². The van der Waals surface area contributed by atoms with Crippen LogP contribution in [0.3, 0.4) is 0 Å². The van der Waals surface area contributed by atoms with E-state index in [1.165, 1.54) is 27.7 Å². The number of rotatable bonds is 4. The first-order chi connectivity index (χ1) is 16.4. The number of nitrogens with zero attached hydrogens (tertiary/aromatic N) is 5. The van der Waals surface area contributed by atoms with E-state index in [-0.39, 0.29) is 12.2 Å². The van der Waals surface area contributed by atoms with Gasteiger partial charge in [0.2, 0.25) is 0 Å². The number of ether oxygens (including phenoxy) is 1. The number of fused-ring (bicyclic) bond motifs is 3. The number of halogens is 1. The molecule has 174 valence electrons. The fourth-order valence-corrected chi connectivity index (χ4v) is 4.30. The minimum absolute atomic E-state index is 0.107. The van der Waals surface area contributed by atoms with Crippen molar-refractivity contribution in [3.63, 3.8) is 0 Å². The summed E-state index contributed by atoms with van der Waals surface area (Å²) in [5, 5.41) is 10.3. The smallest absolute Gasteiger partial charge is 0.407 e. The number of aryl methyl sites for hydroxylation is 1. The Morgan fingerprint density at radius 2 is 2.09 bits per heavy atom. The van der Waals surface area contributed by atoms with Crippen molar-refractivity contribution in [2.45, 2.75) is 26.0 Å². The first-order valence-electron chi connectivity index (χ1n) is 10.8. The lowest BCUT2D eigenvalue weighted by molar-refractivity contribution is 0.143. The standard InChI is InChI=1S/C24H22FN5O4/c1-28-20-3-2-9-29(24(32)33)13-19(20)18-6-7-21(27-23(18)28)30-10-8-17(11-22(30)31)34-14-16-5-4-15(25)12-26-16/h4-8,10-12H,2-3,9,13-14H2,1H3,(H,32,33). The van der Waals surface area contributed by atoms with Crippen molar-refractivity contribution in [2.24, 2.45) is 7.05 Å². The lowest BCUT2D eigenvalue weighted by atomic mass is 10.1. The van der Waals surface area contributed by atoms with Crippen LogP contribution in [-0.2, 0) is 26.6 Å². The Morgan fingerprint density at radius 1 is 1.24 bits per heavy atom. The van der Waals surface area contributed by atoms with E-state index in [1.54, 1.807) is 18.3 Å². The summed E-state index contributed by atoms with van der Waals surface area (Å²) in [7, 11) is 1.91. The predicted octanol–water partition coefficient (Wildman–Crippen LogP) is 3.26. The van der Waals surface area contributed by atoms with Crippen LogP contribution < -0.4 is 10.3 Å². The van der Waals surface area contributed by atoms with Gasteiger partial charge in [-0.1, -0.05) is 0 Å². The number of carboxylic acid groups (broad SMARTS) is 1. The molecule has 0 radical (unpaired) electrons. The summed E-state index contributed by atoms with van der Waals surface area (Å²) in [6.07, 6.45) is 3.27. The Hall–Kier alpha value is -4.21. The molecule has 0 fully saturated rings. The number of carbonyl (C=O) groups is 1. The Labute approximate surface area is 193 Å². The molecule has 1 amide bonds. The van der Waals surface area contributed by atoms with Gasteiger partial charge >= 0.3 is 6.09 Å². The average molecular weight is 463 g/mol. The van der Waals surface area contributed by atoms with Crippen LogP contribution >= 0.6 is 0 Å². The van der Waals surface area contributed by atoms with E-state index < -0.39 is 11.9 Å². The molecule has 34 heavy (non-hydrogen) atoms. The molecule has 1 aliphatic heterocycles. The van der Waals surface area contributed by atoms with Gasteiger partial charge in [0.15, 0.2) is 0 Å². The molecular formula is C24H22FN5O4. The van der Waals surface area contributed by atoms with Crippen LogP contribution in [0.2, 0.25) is 0 Å². The molecule has 0 saturated heterocycles. The summed E-state index contributed by atoms with van der Waals surface area (Å²) in [5.41, 5.74) is 2.95. The summed E-state index contributed by atoms with van der Waals surface area (Å²) in [5.74, 6) is 0.396. The van der Waals surface area contributed by atoms with Crippen LogP contribution in [0.4, 0.5) is 9.18 Å². The van der Waals surface area contributed by atoms with Gasteiger partial charge in [-0.25, -0.2) is 14.2 Å². The molecule has 5 heterocycles. The first kappa shape index (κ1) is 21.6. The summed E-state index contributed by atoms with van der Waals surface area (Å²) in [4.78, 5) is 34.4. The van der Waals surface area contributed by atoms with Crippen LogP contribution in [0.5, 0.6) is 5.75 Å². The van der Waals surface area contributed by atoms with Gasteiger partial charge in [0.25, 0.3) is 5.56 Å². The highest BCUT2D eigenvalue weighted by Crippen LogP contribution is 2.29. The number of aromatic nitrogens is 4. The number of amides is 1.